The number of amides is 1. The van der Waals surface area contributed by atoms with E-state index in [0.717, 1.165) is 37.2 Å². The highest BCUT2D eigenvalue weighted by Gasteiger charge is 2.08. The van der Waals surface area contributed by atoms with E-state index in [-0.39, 0.29) is 5.91 Å². The van der Waals surface area contributed by atoms with Crippen molar-refractivity contribution in [1.82, 2.24) is 5.32 Å². The number of carbonyl (C=O) groups is 1. The van der Waals surface area contributed by atoms with E-state index >= 15 is 0 Å². The number of nitrogens with two attached hydrogens (primary N) is 1. The molecule has 4 nitrogen and oxygen atoms in total. The molecule has 1 aromatic rings. The van der Waals surface area contributed by atoms with Crippen molar-refractivity contribution in [2.24, 2.45) is 5.73 Å². The van der Waals surface area contributed by atoms with Gasteiger partial charge < -0.3 is 15.8 Å². The van der Waals surface area contributed by atoms with Gasteiger partial charge in [0.25, 0.3) is 5.91 Å². The van der Waals surface area contributed by atoms with Crippen LogP contribution in [0.5, 0.6) is 5.75 Å². The molecule has 4 heteroatoms. The number of carbonyl (C=O) groups excluding carboxylic acids is 1. The highest BCUT2D eigenvalue weighted by atomic mass is 16.5. The Bertz CT molecular complexity index is 541. The average Bonchev–Trinajstić information content (AvgIpc) is 2.54. The summed E-state index contributed by atoms with van der Waals surface area (Å²) in [6.45, 7) is 7.08. The van der Waals surface area contributed by atoms with Crippen molar-refractivity contribution in [3.8, 4) is 5.75 Å². The number of allylic oxidation sites excluding steroid dienone is 2. The van der Waals surface area contributed by atoms with Crippen LogP contribution in [-0.4, -0.2) is 12.5 Å². The second kappa shape index (κ2) is 10.5. The minimum Gasteiger partial charge on any atom is -0.494 e. The quantitative estimate of drug-likeness (QED) is 0.415. The molecule has 0 aliphatic rings. The molecule has 1 amide bonds. The van der Waals surface area contributed by atoms with E-state index in [9.17, 15) is 4.79 Å². The predicted octanol–water partition coefficient (Wildman–Crippen LogP) is 3.68. The van der Waals surface area contributed by atoms with Crippen molar-refractivity contribution < 1.29 is 9.53 Å². The van der Waals surface area contributed by atoms with Crippen LogP contribution in [0.15, 0.2) is 47.7 Å². The van der Waals surface area contributed by atoms with Crippen molar-refractivity contribution in [3.05, 3.63) is 53.3 Å². The summed E-state index contributed by atoms with van der Waals surface area (Å²) < 4.78 is 5.62. The molecular weight excluding hydrogens is 288 g/mol. The Morgan fingerprint density at radius 3 is 2.52 bits per heavy atom. The fourth-order valence-electron chi connectivity index (χ4n) is 1.94. The van der Waals surface area contributed by atoms with Gasteiger partial charge in [-0.05, 0) is 37.5 Å². The van der Waals surface area contributed by atoms with Crippen molar-refractivity contribution in [2.45, 2.75) is 46.6 Å². The lowest BCUT2D eigenvalue weighted by atomic mass is 10.1. The van der Waals surface area contributed by atoms with Gasteiger partial charge in [0.2, 0.25) is 0 Å². The van der Waals surface area contributed by atoms with E-state index in [2.05, 4.69) is 12.2 Å². The molecule has 0 aromatic heterocycles. The van der Waals surface area contributed by atoms with Gasteiger partial charge in [0.15, 0.2) is 0 Å². The second-order valence-corrected chi connectivity index (χ2v) is 5.44. The summed E-state index contributed by atoms with van der Waals surface area (Å²) in [5, 5.41) is 2.89. The lowest BCUT2D eigenvalue weighted by Crippen LogP contribution is -2.25. The van der Waals surface area contributed by atoms with Crippen LogP contribution in [0.25, 0.3) is 0 Å². The van der Waals surface area contributed by atoms with Crippen molar-refractivity contribution >= 4 is 5.91 Å². The summed E-state index contributed by atoms with van der Waals surface area (Å²) in [5.74, 6) is 0.704. The standard InChI is InChI=1S/C19H28N2O2/c1-4-6-8-18(15(3)20)19(22)21-14-16-9-11-17(12-10-16)23-13-7-5-2/h6,8-12H,4-5,7,13-14,20H2,1-3H3,(H,21,22)/b8-6-,18-15-. The van der Waals surface area contributed by atoms with E-state index < -0.39 is 0 Å². The maximum atomic E-state index is 12.2. The van der Waals surface area contributed by atoms with E-state index in [1.807, 2.05) is 37.3 Å². The number of nitrogens with one attached hydrogen (secondary N) is 1. The fraction of sp³-hybridized carbons (Fsp3) is 0.421. The zero-order valence-corrected chi connectivity index (χ0v) is 14.4. The molecule has 23 heavy (non-hydrogen) atoms. The summed E-state index contributed by atoms with van der Waals surface area (Å²) in [5.41, 5.74) is 7.84. The first-order valence-electron chi connectivity index (χ1n) is 8.21. The zero-order valence-electron chi connectivity index (χ0n) is 14.4. The molecule has 0 atom stereocenters. The lowest BCUT2D eigenvalue weighted by molar-refractivity contribution is -0.117. The number of hydrogen-bond acceptors (Lipinski definition) is 3. The largest absolute Gasteiger partial charge is 0.494 e. The molecule has 0 aliphatic heterocycles. The second-order valence-electron chi connectivity index (χ2n) is 5.44. The predicted molar refractivity (Wildman–Crippen MR) is 95.0 cm³/mol. The Morgan fingerprint density at radius 1 is 1.26 bits per heavy atom. The van der Waals surface area contributed by atoms with Crippen LogP contribution >= 0.6 is 0 Å². The third-order valence-electron chi connectivity index (χ3n) is 3.33. The normalized spacial score (nSPS) is 12.1. The van der Waals surface area contributed by atoms with Crippen molar-refractivity contribution in [1.29, 1.82) is 0 Å². The van der Waals surface area contributed by atoms with Crippen LogP contribution in [0.2, 0.25) is 0 Å². The van der Waals surface area contributed by atoms with Crippen LogP contribution in [0.1, 0.15) is 45.6 Å². The molecule has 3 N–H and O–H groups in total. The van der Waals surface area contributed by atoms with Gasteiger partial charge in [-0.25, -0.2) is 0 Å². The summed E-state index contributed by atoms with van der Waals surface area (Å²) in [6.07, 6.45) is 6.73. The Kier molecular flexibility index (Phi) is 8.58. The number of hydrogen-bond donors (Lipinski definition) is 2. The molecule has 0 heterocycles. The van der Waals surface area contributed by atoms with Gasteiger partial charge in [0.1, 0.15) is 5.75 Å². The van der Waals surface area contributed by atoms with Crippen LogP contribution < -0.4 is 15.8 Å². The molecule has 0 aliphatic carbocycles. The summed E-state index contributed by atoms with van der Waals surface area (Å²) in [6, 6.07) is 7.78. The maximum absolute atomic E-state index is 12.2. The van der Waals surface area contributed by atoms with Crippen LogP contribution in [-0.2, 0) is 11.3 Å². The Labute approximate surface area is 139 Å². The number of unbranched alkanes of at least 4 members (excludes halogenated alkanes) is 1. The van der Waals surface area contributed by atoms with Crippen LogP contribution in [0, 0.1) is 0 Å². The molecule has 126 valence electrons. The van der Waals surface area contributed by atoms with Crippen molar-refractivity contribution in [3.63, 3.8) is 0 Å². The molecule has 0 spiro atoms. The summed E-state index contributed by atoms with van der Waals surface area (Å²) in [4.78, 5) is 12.2. The third kappa shape index (κ3) is 7.04. The van der Waals surface area contributed by atoms with Gasteiger partial charge in [-0.3, -0.25) is 4.79 Å². The van der Waals surface area contributed by atoms with E-state index in [4.69, 9.17) is 10.5 Å². The minimum absolute atomic E-state index is 0.155. The van der Waals surface area contributed by atoms with Gasteiger partial charge in [0, 0.05) is 12.2 Å². The zero-order chi connectivity index (χ0) is 17.1. The first-order chi connectivity index (χ1) is 11.1. The molecule has 0 radical (unpaired) electrons. The highest BCUT2D eigenvalue weighted by Crippen LogP contribution is 2.13. The Morgan fingerprint density at radius 2 is 1.96 bits per heavy atom. The molecule has 0 unspecified atom stereocenters. The lowest BCUT2D eigenvalue weighted by Gasteiger charge is -2.09. The monoisotopic (exact) mass is 316 g/mol. The molecule has 1 aromatic carbocycles. The summed E-state index contributed by atoms with van der Waals surface area (Å²) in [7, 11) is 0. The van der Waals surface area contributed by atoms with E-state index in [1.165, 1.54) is 0 Å². The molecule has 0 bridgehead atoms. The SMILES string of the molecule is CC/C=C\C(C(=O)NCc1ccc(OCCCC)cc1)=C(/C)N. The number of rotatable bonds is 9. The van der Waals surface area contributed by atoms with Gasteiger partial charge >= 0.3 is 0 Å². The van der Waals surface area contributed by atoms with E-state index in [1.54, 1.807) is 13.0 Å². The van der Waals surface area contributed by atoms with Crippen LogP contribution in [0.3, 0.4) is 0 Å². The number of benzene rings is 1. The molecular formula is C19H28N2O2. The topological polar surface area (TPSA) is 64.3 Å². The molecule has 0 fully saturated rings. The first-order valence-corrected chi connectivity index (χ1v) is 8.21. The Hall–Kier alpha value is -2.23. The smallest absolute Gasteiger partial charge is 0.253 e. The van der Waals surface area contributed by atoms with Gasteiger partial charge in [-0.1, -0.05) is 44.6 Å². The van der Waals surface area contributed by atoms with E-state index in [0.29, 0.717) is 17.8 Å². The fourth-order valence-corrected chi connectivity index (χ4v) is 1.94. The molecule has 1 rings (SSSR count). The van der Waals surface area contributed by atoms with Crippen molar-refractivity contribution in [2.75, 3.05) is 6.61 Å². The third-order valence-corrected chi connectivity index (χ3v) is 3.33. The minimum atomic E-state index is -0.155. The number of ether oxygens (including phenoxy) is 1. The maximum Gasteiger partial charge on any atom is 0.253 e. The molecule has 0 saturated heterocycles. The van der Waals surface area contributed by atoms with Gasteiger partial charge in [-0.2, -0.15) is 0 Å². The van der Waals surface area contributed by atoms with Crippen LogP contribution in [0.4, 0.5) is 0 Å². The first kappa shape index (κ1) is 18.8. The van der Waals surface area contributed by atoms with Gasteiger partial charge in [0.05, 0.1) is 12.2 Å². The van der Waals surface area contributed by atoms with Gasteiger partial charge in [-0.15, -0.1) is 0 Å². The Balaban J connectivity index is 2.55. The summed E-state index contributed by atoms with van der Waals surface area (Å²) >= 11 is 0. The molecule has 0 saturated carbocycles. The highest BCUT2D eigenvalue weighted by molar-refractivity contribution is 5.96. The average molecular weight is 316 g/mol.